The van der Waals surface area contributed by atoms with Crippen molar-refractivity contribution in [3.05, 3.63) is 30.3 Å². The van der Waals surface area contributed by atoms with Crippen molar-refractivity contribution in [1.29, 1.82) is 0 Å². The molecule has 2 unspecified atom stereocenters. The van der Waals surface area contributed by atoms with Gasteiger partial charge >= 0.3 is 6.03 Å². The Labute approximate surface area is 148 Å². The minimum absolute atomic E-state index is 0.0137. The third-order valence-electron chi connectivity index (χ3n) is 5.26. The van der Waals surface area contributed by atoms with Crippen LogP contribution in [0.4, 0.5) is 10.5 Å². The van der Waals surface area contributed by atoms with Gasteiger partial charge in [-0.2, -0.15) is 0 Å². The molecule has 0 aromatic heterocycles. The van der Waals surface area contributed by atoms with Crippen molar-refractivity contribution in [2.24, 2.45) is 5.92 Å². The molecule has 2 aliphatic heterocycles. The maximum absolute atomic E-state index is 12.8. The maximum atomic E-state index is 12.8. The number of benzene rings is 1. The fraction of sp³-hybridized carbons (Fsp3) is 0.526. The molecular weight excluding hydrogens is 318 g/mol. The van der Waals surface area contributed by atoms with Crippen molar-refractivity contribution in [1.82, 2.24) is 10.2 Å². The minimum Gasteiger partial charge on any atom is -0.353 e. The van der Waals surface area contributed by atoms with Gasteiger partial charge in [-0.3, -0.25) is 9.59 Å². The SMILES string of the molecule is CCC(CC)C(=O)NC1CCN2C(=O)N(c3ccccc3)C(=O)C2C1. The molecule has 2 aliphatic rings. The number of imide groups is 1. The van der Waals surface area contributed by atoms with E-state index < -0.39 is 6.04 Å². The fourth-order valence-electron chi connectivity index (χ4n) is 3.72. The second-order valence-electron chi connectivity index (χ2n) is 6.74. The number of carbonyl (C=O) groups is 3. The van der Waals surface area contributed by atoms with E-state index in [1.807, 2.05) is 32.0 Å². The molecular formula is C19H25N3O3. The Morgan fingerprint density at radius 1 is 1.20 bits per heavy atom. The van der Waals surface area contributed by atoms with Gasteiger partial charge in [0, 0.05) is 18.5 Å². The lowest BCUT2D eigenvalue weighted by atomic mass is 9.96. The number of anilines is 1. The van der Waals surface area contributed by atoms with E-state index in [9.17, 15) is 14.4 Å². The molecule has 25 heavy (non-hydrogen) atoms. The van der Waals surface area contributed by atoms with Gasteiger partial charge in [-0.25, -0.2) is 9.69 Å². The van der Waals surface area contributed by atoms with Crippen molar-refractivity contribution in [3.63, 3.8) is 0 Å². The average molecular weight is 343 g/mol. The standard InChI is InChI=1S/C19H25N3O3/c1-3-13(4-2)17(23)20-14-10-11-21-16(12-14)18(24)22(19(21)25)15-8-6-5-7-9-15/h5-9,13-14,16H,3-4,10-12H2,1-2H3,(H,20,23). The summed E-state index contributed by atoms with van der Waals surface area (Å²) in [5.74, 6) is -0.127. The molecule has 2 heterocycles. The number of rotatable bonds is 5. The van der Waals surface area contributed by atoms with E-state index in [2.05, 4.69) is 5.32 Å². The van der Waals surface area contributed by atoms with E-state index in [1.165, 1.54) is 4.90 Å². The van der Waals surface area contributed by atoms with Gasteiger partial charge in [-0.1, -0.05) is 32.0 Å². The first-order valence-corrected chi connectivity index (χ1v) is 9.06. The molecule has 4 amide bonds. The molecule has 1 aromatic carbocycles. The summed E-state index contributed by atoms with van der Waals surface area (Å²) < 4.78 is 0. The van der Waals surface area contributed by atoms with Gasteiger partial charge in [0.05, 0.1) is 5.69 Å². The Kier molecular flexibility index (Phi) is 5.06. The Hall–Kier alpha value is -2.37. The van der Waals surface area contributed by atoms with Crippen LogP contribution in [0.3, 0.4) is 0 Å². The third-order valence-corrected chi connectivity index (χ3v) is 5.26. The van der Waals surface area contributed by atoms with Crippen LogP contribution in [-0.2, 0) is 9.59 Å². The Morgan fingerprint density at radius 2 is 1.88 bits per heavy atom. The topological polar surface area (TPSA) is 69.7 Å². The van der Waals surface area contributed by atoms with Crippen molar-refractivity contribution in [2.45, 2.75) is 51.6 Å². The van der Waals surface area contributed by atoms with E-state index >= 15 is 0 Å². The highest BCUT2D eigenvalue weighted by molar-refractivity contribution is 6.21. The van der Waals surface area contributed by atoms with Gasteiger partial charge in [0.25, 0.3) is 5.91 Å². The largest absolute Gasteiger partial charge is 0.353 e. The Bertz CT molecular complexity index is 657. The van der Waals surface area contributed by atoms with Gasteiger partial charge in [-0.15, -0.1) is 0 Å². The zero-order chi connectivity index (χ0) is 18.0. The smallest absolute Gasteiger partial charge is 0.332 e. The van der Waals surface area contributed by atoms with Crippen molar-refractivity contribution in [2.75, 3.05) is 11.4 Å². The summed E-state index contributed by atoms with van der Waals surface area (Å²) >= 11 is 0. The lowest BCUT2D eigenvalue weighted by Gasteiger charge is -2.33. The lowest BCUT2D eigenvalue weighted by Crippen LogP contribution is -2.50. The third kappa shape index (κ3) is 3.25. The van der Waals surface area contributed by atoms with E-state index in [0.717, 1.165) is 12.8 Å². The summed E-state index contributed by atoms with van der Waals surface area (Å²) in [6.07, 6.45) is 2.79. The number of piperidine rings is 1. The Morgan fingerprint density at radius 3 is 2.52 bits per heavy atom. The van der Waals surface area contributed by atoms with Gasteiger partial charge in [0.2, 0.25) is 5.91 Å². The van der Waals surface area contributed by atoms with Crippen LogP contribution >= 0.6 is 0 Å². The quantitative estimate of drug-likeness (QED) is 0.835. The highest BCUT2D eigenvalue weighted by Crippen LogP contribution is 2.30. The van der Waals surface area contributed by atoms with Crippen LogP contribution in [0.15, 0.2) is 30.3 Å². The predicted octanol–water partition coefficient (Wildman–Crippen LogP) is 2.54. The molecule has 0 bridgehead atoms. The highest BCUT2D eigenvalue weighted by Gasteiger charge is 2.48. The lowest BCUT2D eigenvalue weighted by molar-refractivity contribution is -0.127. The molecule has 2 atom stereocenters. The molecule has 0 saturated carbocycles. The molecule has 0 aliphatic carbocycles. The molecule has 6 nitrogen and oxygen atoms in total. The minimum atomic E-state index is -0.478. The summed E-state index contributed by atoms with van der Waals surface area (Å²) in [6, 6.07) is 8.21. The number of nitrogens with one attached hydrogen (secondary N) is 1. The van der Waals surface area contributed by atoms with Crippen LogP contribution in [0.5, 0.6) is 0 Å². The number of amides is 4. The van der Waals surface area contributed by atoms with E-state index in [-0.39, 0.29) is 29.8 Å². The molecule has 1 N–H and O–H groups in total. The van der Waals surface area contributed by atoms with Crippen LogP contribution < -0.4 is 10.2 Å². The molecule has 0 spiro atoms. The van der Waals surface area contributed by atoms with Crippen molar-refractivity contribution < 1.29 is 14.4 Å². The molecule has 1 aromatic rings. The van der Waals surface area contributed by atoms with Crippen LogP contribution in [0, 0.1) is 5.92 Å². The zero-order valence-corrected chi connectivity index (χ0v) is 14.8. The van der Waals surface area contributed by atoms with E-state index in [4.69, 9.17) is 0 Å². The molecule has 134 valence electrons. The van der Waals surface area contributed by atoms with Gasteiger partial charge < -0.3 is 10.2 Å². The van der Waals surface area contributed by atoms with Crippen LogP contribution in [0.2, 0.25) is 0 Å². The van der Waals surface area contributed by atoms with Crippen LogP contribution in [0.25, 0.3) is 0 Å². The molecule has 3 rings (SSSR count). The second kappa shape index (κ2) is 7.25. The number of hydrogen-bond donors (Lipinski definition) is 1. The van der Waals surface area contributed by atoms with Gasteiger partial charge in [0.15, 0.2) is 0 Å². The summed E-state index contributed by atoms with van der Waals surface area (Å²) in [5, 5.41) is 3.08. The second-order valence-corrected chi connectivity index (χ2v) is 6.74. The maximum Gasteiger partial charge on any atom is 0.332 e. The normalized spacial score (nSPS) is 23.2. The van der Waals surface area contributed by atoms with Gasteiger partial charge in [0.1, 0.15) is 6.04 Å². The number of urea groups is 1. The first-order chi connectivity index (χ1) is 12.1. The predicted molar refractivity (Wildman–Crippen MR) is 95.1 cm³/mol. The molecule has 2 saturated heterocycles. The van der Waals surface area contributed by atoms with Crippen molar-refractivity contribution >= 4 is 23.5 Å². The monoisotopic (exact) mass is 343 g/mol. The molecule has 2 fully saturated rings. The Balaban J connectivity index is 1.70. The number of nitrogens with zero attached hydrogens (tertiary/aromatic N) is 2. The number of hydrogen-bond acceptors (Lipinski definition) is 3. The van der Waals surface area contributed by atoms with Crippen molar-refractivity contribution in [3.8, 4) is 0 Å². The van der Waals surface area contributed by atoms with E-state index in [0.29, 0.717) is 25.1 Å². The van der Waals surface area contributed by atoms with Gasteiger partial charge in [-0.05, 0) is 37.8 Å². The summed E-state index contributed by atoms with van der Waals surface area (Å²) in [4.78, 5) is 40.6. The average Bonchev–Trinajstić information content (AvgIpc) is 2.87. The zero-order valence-electron chi connectivity index (χ0n) is 14.8. The van der Waals surface area contributed by atoms with Crippen LogP contribution in [-0.4, -0.2) is 41.4 Å². The summed E-state index contributed by atoms with van der Waals surface area (Å²) in [7, 11) is 0. The number of fused-ring (bicyclic) bond motifs is 1. The summed E-state index contributed by atoms with van der Waals surface area (Å²) in [6.45, 7) is 4.51. The number of carbonyl (C=O) groups excluding carboxylic acids is 3. The first-order valence-electron chi connectivity index (χ1n) is 9.06. The molecule has 0 radical (unpaired) electrons. The van der Waals surface area contributed by atoms with E-state index in [1.54, 1.807) is 17.0 Å². The number of para-hydroxylation sites is 1. The fourth-order valence-corrected chi connectivity index (χ4v) is 3.72. The highest BCUT2D eigenvalue weighted by atomic mass is 16.2. The first kappa shape index (κ1) is 17.5. The van der Waals surface area contributed by atoms with Crippen LogP contribution in [0.1, 0.15) is 39.5 Å². The summed E-state index contributed by atoms with van der Waals surface area (Å²) in [5.41, 5.74) is 0.601. The molecule has 6 heteroatoms.